The Balaban J connectivity index is 1.68. The van der Waals surface area contributed by atoms with Gasteiger partial charge in [-0.3, -0.25) is 5.10 Å². The van der Waals surface area contributed by atoms with E-state index in [2.05, 4.69) is 15.1 Å². The van der Waals surface area contributed by atoms with Crippen molar-refractivity contribution in [3.63, 3.8) is 0 Å². The molecule has 3 nitrogen and oxygen atoms in total. The minimum absolute atomic E-state index is 0.207. The third-order valence-corrected chi connectivity index (χ3v) is 3.48. The number of hydrogen-bond acceptors (Lipinski definition) is 2. The summed E-state index contributed by atoms with van der Waals surface area (Å²) in [5.41, 5.74) is 1.14. The highest BCUT2D eigenvalue weighted by Gasteiger charge is 2.27. The molecule has 2 heterocycles. The zero-order valence-electron chi connectivity index (χ0n) is 10.2. The summed E-state index contributed by atoms with van der Waals surface area (Å²) in [5, 5.41) is 6.90. The molecule has 0 unspecified atom stereocenters. The number of H-pyrrole nitrogens is 1. The van der Waals surface area contributed by atoms with E-state index in [-0.39, 0.29) is 6.42 Å². The minimum Gasteiger partial charge on any atom is -0.303 e. The normalized spacial score (nSPS) is 19.3. The van der Waals surface area contributed by atoms with Gasteiger partial charge in [0.2, 0.25) is 0 Å². The fourth-order valence-electron chi connectivity index (χ4n) is 2.46. The van der Waals surface area contributed by atoms with Gasteiger partial charge in [0.15, 0.2) is 0 Å². The lowest BCUT2D eigenvalue weighted by atomic mass is 9.93. The van der Waals surface area contributed by atoms with Crippen LogP contribution in [0.15, 0.2) is 12.3 Å². The predicted octanol–water partition coefficient (Wildman–Crippen LogP) is 2.93. The highest BCUT2D eigenvalue weighted by molar-refractivity contribution is 5.06. The number of hydrogen-bond donors (Lipinski definition) is 1. The minimum atomic E-state index is -4.02. The maximum Gasteiger partial charge on any atom is 0.389 e. The Hall–Kier alpha value is -1.04. The van der Waals surface area contributed by atoms with Gasteiger partial charge in [0, 0.05) is 24.2 Å². The van der Waals surface area contributed by atoms with E-state index < -0.39 is 12.6 Å². The second kappa shape index (κ2) is 5.73. The Morgan fingerprint density at radius 3 is 2.61 bits per heavy atom. The smallest absolute Gasteiger partial charge is 0.303 e. The third kappa shape index (κ3) is 4.01. The van der Waals surface area contributed by atoms with Gasteiger partial charge < -0.3 is 4.90 Å². The van der Waals surface area contributed by atoms with Crippen LogP contribution < -0.4 is 0 Å². The first-order valence-electron chi connectivity index (χ1n) is 6.33. The summed E-state index contributed by atoms with van der Waals surface area (Å²) in [4.78, 5) is 2.12. The number of piperidine rings is 1. The van der Waals surface area contributed by atoms with Crippen LogP contribution >= 0.6 is 0 Å². The van der Waals surface area contributed by atoms with Gasteiger partial charge >= 0.3 is 6.18 Å². The first-order chi connectivity index (χ1) is 8.54. The molecule has 1 saturated heterocycles. The lowest BCUT2D eigenvalue weighted by Gasteiger charge is -2.31. The van der Waals surface area contributed by atoms with Gasteiger partial charge in [-0.1, -0.05) is 0 Å². The summed E-state index contributed by atoms with van der Waals surface area (Å²) >= 11 is 0. The molecule has 0 saturated carbocycles. The van der Waals surface area contributed by atoms with E-state index in [1.54, 1.807) is 6.20 Å². The zero-order valence-corrected chi connectivity index (χ0v) is 10.2. The van der Waals surface area contributed by atoms with Crippen molar-refractivity contribution in [3.8, 4) is 0 Å². The van der Waals surface area contributed by atoms with Gasteiger partial charge in [0.25, 0.3) is 0 Å². The summed E-state index contributed by atoms with van der Waals surface area (Å²) in [7, 11) is 0. The van der Waals surface area contributed by atoms with E-state index in [0.29, 0.717) is 12.5 Å². The summed E-state index contributed by atoms with van der Waals surface area (Å²) in [6.45, 7) is 2.30. The lowest BCUT2D eigenvalue weighted by molar-refractivity contribution is -0.136. The third-order valence-electron chi connectivity index (χ3n) is 3.48. The van der Waals surface area contributed by atoms with Crippen LogP contribution in [0.4, 0.5) is 13.2 Å². The molecule has 0 bridgehead atoms. The number of aromatic amines is 1. The first-order valence-corrected chi connectivity index (χ1v) is 6.33. The number of aromatic nitrogens is 2. The monoisotopic (exact) mass is 261 g/mol. The van der Waals surface area contributed by atoms with Crippen LogP contribution in [0.5, 0.6) is 0 Å². The fraction of sp³-hybridized carbons (Fsp3) is 0.750. The van der Waals surface area contributed by atoms with Crippen LogP contribution in [-0.2, 0) is 0 Å². The van der Waals surface area contributed by atoms with Crippen molar-refractivity contribution in [2.24, 2.45) is 0 Å². The molecule has 1 N–H and O–H groups in total. The fourth-order valence-corrected chi connectivity index (χ4v) is 2.46. The first kappa shape index (κ1) is 13.4. The number of halogens is 3. The van der Waals surface area contributed by atoms with Crippen LogP contribution in [0.25, 0.3) is 0 Å². The van der Waals surface area contributed by atoms with Crippen LogP contribution in [0.3, 0.4) is 0 Å². The summed E-state index contributed by atoms with van der Waals surface area (Å²) in [5.74, 6) is 0.478. The molecule has 102 valence electrons. The van der Waals surface area contributed by atoms with Crippen molar-refractivity contribution in [2.75, 3.05) is 19.6 Å². The molecule has 1 fully saturated rings. The molecule has 0 atom stereocenters. The Kier molecular flexibility index (Phi) is 4.27. The number of likely N-dealkylation sites (tertiary alicyclic amines) is 1. The molecule has 6 heteroatoms. The molecule has 1 aliphatic rings. The highest BCUT2D eigenvalue weighted by atomic mass is 19.4. The molecule has 0 aromatic carbocycles. The van der Waals surface area contributed by atoms with Crippen LogP contribution in [-0.4, -0.2) is 40.9 Å². The number of nitrogens with one attached hydrogen (secondary N) is 1. The average molecular weight is 261 g/mol. The Morgan fingerprint density at radius 2 is 2.06 bits per heavy atom. The van der Waals surface area contributed by atoms with Crippen LogP contribution in [0, 0.1) is 0 Å². The van der Waals surface area contributed by atoms with Crippen LogP contribution in [0.1, 0.15) is 37.3 Å². The Labute approximate surface area is 104 Å². The van der Waals surface area contributed by atoms with Gasteiger partial charge in [-0.25, -0.2) is 0 Å². The molecule has 0 aliphatic carbocycles. The largest absolute Gasteiger partial charge is 0.389 e. The van der Waals surface area contributed by atoms with E-state index in [1.165, 1.54) is 0 Å². The molecule has 1 aromatic heterocycles. The average Bonchev–Trinajstić information content (AvgIpc) is 2.82. The molecular weight excluding hydrogens is 243 g/mol. The standard InChI is InChI=1S/C12H18F3N3/c13-12(14,15)5-1-7-18-8-3-10(4-9-18)11-2-6-16-17-11/h2,6,10H,1,3-5,7-9H2,(H,16,17). The SMILES string of the molecule is FC(F)(F)CCCN1CCC(c2ccn[nH]2)CC1. The second-order valence-electron chi connectivity index (χ2n) is 4.85. The van der Waals surface area contributed by atoms with Crippen molar-refractivity contribution in [1.29, 1.82) is 0 Å². The topological polar surface area (TPSA) is 31.9 Å². The van der Waals surface area contributed by atoms with E-state index in [0.717, 1.165) is 31.6 Å². The number of alkyl halides is 3. The van der Waals surface area contributed by atoms with E-state index in [9.17, 15) is 13.2 Å². The quantitative estimate of drug-likeness (QED) is 0.903. The molecular formula is C12H18F3N3. The number of rotatable bonds is 4. The van der Waals surface area contributed by atoms with Crippen molar-refractivity contribution >= 4 is 0 Å². The van der Waals surface area contributed by atoms with Crippen molar-refractivity contribution in [1.82, 2.24) is 15.1 Å². The summed E-state index contributed by atoms with van der Waals surface area (Å²) in [6, 6.07) is 1.98. The predicted molar refractivity (Wildman–Crippen MR) is 62.3 cm³/mol. The Morgan fingerprint density at radius 1 is 1.33 bits per heavy atom. The van der Waals surface area contributed by atoms with Gasteiger partial charge in [0.05, 0.1) is 0 Å². The molecule has 0 spiro atoms. The molecule has 1 aromatic rings. The Bertz CT molecular complexity index is 340. The van der Waals surface area contributed by atoms with Crippen molar-refractivity contribution < 1.29 is 13.2 Å². The van der Waals surface area contributed by atoms with Crippen LogP contribution in [0.2, 0.25) is 0 Å². The lowest BCUT2D eigenvalue weighted by Crippen LogP contribution is -2.34. The molecule has 0 amide bonds. The van der Waals surface area contributed by atoms with Gasteiger partial charge in [-0.2, -0.15) is 18.3 Å². The molecule has 1 aliphatic heterocycles. The van der Waals surface area contributed by atoms with Crippen molar-refractivity contribution in [2.45, 2.75) is 37.8 Å². The van der Waals surface area contributed by atoms with E-state index in [1.807, 2.05) is 6.07 Å². The summed E-state index contributed by atoms with van der Waals surface area (Å²) < 4.78 is 36.1. The maximum atomic E-state index is 12.0. The molecule has 2 rings (SSSR count). The van der Waals surface area contributed by atoms with E-state index >= 15 is 0 Å². The van der Waals surface area contributed by atoms with Gasteiger partial charge in [-0.05, 0) is 45.0 Å². The van der Waals surface area contributed by atoms with Gasteiger partial charge in [-0.15, -0.1) is 0 Å². The summed E-state index contributed by atoms with van der Waals surface area (Å²) in [6.07, 6.45) is -0.757. The van der Waals surface area contributed by atoms with Gasteiger partial charge in [0.1, 0.15) is 0 Å². The zero-order chi connectivity index (χ0) is 13.0. The second-order valence-corrected chi connectivity index (χ2v) is 4.85. The van der Waals surface area contributed by atoms with Crippen molar-refractivity contribution in [3.05, 3.63) is 18.0 Å². The maximum absolute atomic E-state index is 12.0. The molecule has 18 heavy (non-hydrogen) atoms. The van der Waals surface area contributed by atoms with E-state index in [4.69, 9.17) is 0 Å². The molecule has 0 radical (unpaired) electrons. The number of nitrogens with zero attached hydrogens (tertiary/aromatic N) is 2. The highest BCUT2D eigenvalue weighted by Crippen LogP contribution is 2.27.